The maximum Gasteiger partial charge on any atom is 0.232 e. The van der Waals surface area contributed by atoms with Gasteiger partial charge in [-0.1, -0.05) is 18.2 Å². The average molecular weight is 360 g/mol. The minimum atomic E-state index is 0.196. The van der Waals surface area contributed by atoms with Gasteiger partial charge >= 0.3 is 0 Å². The lowest BCUT2D eigenvalue weighted by molar-refractivity contribution is -0.128. The van der Waals surface area contributed by atoms with E-state index in [9.17, 15) is 4.79 Å². The van der Waals surface area contributed by atoms with E-state index in [1.807, 2.05) is 36.9 Å². The lowest BCUT2D eigenvalue weighted by Gasteiger charge is -2.36. The number of para-hydroxylation sites is 1. The number of carbonyl (C=O) groups is 1. The summed E-state index contributed by atoms with van der Waals surface area (Å²) in [5, 5.41) is 11.7. The number of amides is 1. The molecule has 1 aromatic heterocycles. The molecule has 1 amide bonds. The number of hydrogen-bond acceptors (Lipinski definition) is 6. The van der Waals surface area contributed by atoms with E-state index >= 15 is 0 Å². The zero-order chi connectivity index (χ0) is 17.6. The van der Waals surface area contributed by atoms with E-state index in [1.54, 1.807) is 16.4 Å². The van der Waals surface area contributed by atoms with Crippen molar-refractivity contribution >= 4 is 23.4 Å². The Bertz CT molecular complexity index is 681. The molecule has 8 heteroatoms. The van der Waals surface area contributed by atoms with Crippen LogP contribution < -0.4 is 4.90 Å². The molecule has 0 radical (unpaired) electrons. The summed E-state index contributed by atoms with van der Waals surface area (Å²) in [6, 6.07) is 10.6. The molecule has 134 valence electrons. The molecule has 1 saturated heterocycles. The highest BCUT2D eigenvalue weighted by molar-refractivity contribution is 7.99. The minimum absolute atomic E-state index is 0.196. The van der Waals surface area contributed by atoms with Gasteiger partial charge in [-0.05, 0) is 36.4 Å². The number of aromatic nitrogens is 4. The zero-order valence-corrected chi connectivity index (χ0v) is 15.5. The van der Waals surface area contributed by atoms with E-state index in [4.69, 9.17) is 0 Å². The summed E-state index contributed by atoms with van der Waals surface area (Å²) in [5.41, 5.74) is 1.23. The van der Waals surface area contributed by atoms with Crippen molar-refractivity contribution in [2.24, 2.45) is 0 Å². The summed E-state index contributed by atoms with van der Waals surface area (Å²) in [4.78, 5) is 16.7. The molecule has 0 aliphatic carbocycles. The Morgan fingerprint density at radius 3 is 2.56 bits per heavy atom. The van der Waals surface area contributed by atoms with E-state index in [1.165, 1.54) is 5.69 Å². The third kappa shape index (κ3) is 4.50. The lowest BCUT2D eigenvalue weighted by atomic mass is 10.2. The van der Waals surface area contributed by atoms with Crippen molar-refractivity contribution < 1.29 is 4.79 Å². The van der Waals surface area contributed by atoms with Crippen molar-refractivity contribution in [3.05, 3.63) is 36.2 Å². The molecular formula is C17H24N6OS. The van der Waals surface area contributed by atoms with Crippen LogP contribution in [-0.2, 0) is 10.5 Å². The summed E-state index contributed by atoms with van der Waals surface area (Å²) in [6.07, 6.45) is 0. The van der Waals surface area contributed by atoms with Gasteiger partial charge in [0, 0.05) is 31.9 Å². The van der Waals surface area contributed by atoms with Gasteiger partial charge in [-0.25, -0.2) is 4.68 Å². The second-order valence-corrected chi connectivity index (χ2v) is 7.32. The quantitative estimate of drug-likeness (QED) is 0.783. The predicted octanol–water partition coefficient (Wildman–Crippen LogP) is 1.84. The summed E-state index contributed by atoms with van der Waals surface area (Å²) >= 11 is 1.57. The topological polar surface area (TPSA) is 67.2 Å². The van der Waals surface area contributed by atoms with E-state index in [0.29, 0.717) is 11.5 Å². The second kappa shape index (κ2) is 8.33. The number of benzene rings is 1. The first-order valence-corrected chi connectivity index (χ1v) is 9.73. The molecule has 0 unspecified atom stereocenters. The molecule has 7 nitrogen and oxygen atoms in total. The van der Waals surface area contributed by atoms with Crippen LogP contribution in [0.3, 0.4) is 0 Å². The van der Waals surface area contributed by atoms with Gasteiger partial charge in [0.1, 0.15) is 0 Å². The van der Waals surface area contributed by atoms with Gasteiger partial charge in [0.15, 0.2) is 5.82 Å². The normalized spacial score (nSPS) is 15.0. The number of tetrazole rings is 1. The van der Waals surface area contributed by atoms with E-state index < -0.39 is 0 Å². The molecule has 0 saturated carbocycles. The van der Waals surface area contributed by atoms with Crippen LogP contribution in [0, 0.1) is 0 Å². The van der Waals surface area contributed by atoms with Crippen LogP contribution in [-0.4, -0.2) is 62.9 Å². The number of nitrogens with zero attached hydrogens (tertiary/aromatic N) is 6. The van der Waals surface area contributed by atoms with Crippen LogP contribution in [0.2, 0.25) is 0 Å². The smallest absolute Gasteiger partial charge is 0.232 e. The Hall–Kier alpha value is -2.09. The Balaban J connectivity index is 1.43. The van der Waals surface area contributed by atoms with Gasteiger partial charge in [0.05, 0.1) is 17.5 Å². The van der Waals surface area contributed by atoms with Crippen molar-refractivity contribution in [1.29, 1.82) is 0 Å². The molecule has 1 aromatic carbocycles. The summed E-state index contributed by atoms with van der Waals surface area (Å²) in [6.45, 7) is 7.40. The lowest BCUT2D eigenvalue weighted by Crippen LogP contribution is -2.49. The third-order valence-corrected chi connectivity index (χ3v) is 5.17. The number of anilines is 1. The van der Waals surface area contributed by atoms with Gasteiger partial charge in [0.25, 0.3) is 0 Å². The zero-order valence-electron chi connectivity index (χ0n) is 14.7. The third-order valence-electron chi connectivity index (χ3n) is 4.26. The molecule has 0 atom stereocenters. The van der Waals surface area contributed by atoms with E-state index in [0.717, 1.165) is 32.0 Å². The van der Waals surface area contributed by atoms with Crippen molar-refractivity contribution in [2.75, 3.05) is 36.8 Å². The van der Waals surface area contributed by atoms with Crippen LogP contribution in [0.25, 0.3) is 0 Å². The standard InChI is InChI=1S/C17H24N6OS/c1-14(2)23-16(18-19-20-23)12-25-13-17(24)22-10-8-21(9-11-22)15-6-4-3-5-7-15/h3-7,14H,8-13H2,1-2H3. The molecule has 1 aliphatic heterocycles. The van der Waals surface area contributed by atoms with Crippen molar-refractivity contribution in [3.63, 3.8) is 0 Å². The first-order valence-electron chi connectivity index (χ1n) is 8.57. The first-order chi connectivity index (χ1) is 12.1. The Morgan fingerprint density at radius 1 is 1.16 bits per heavy atom. The molecule has 2 heterocycles. The maximum atomic E-state index is 12.4. The summed E-state index contributed by atoms with van der Waals surface area (Å²) in [5.74, 6) is 2.14. The van der Waals surface area contributed by atoms with E-state index in [-0.39, 0.29) is 11.9 Å². The summed E-state index contributed by atoms with van der Waals surface area (Å²) in [7, 11) is 0. The minimum Gasteiger partial charge on any atom is -0.368 e. The van der Waals surface area contributed by atoms with Gasteiger partial charge in [-0.2, -0.15) is 0 Å². The fourth-order valence-electron chi connectivity index (χ4n) is 2.88. The molecule has 0 spiro atoms. The molecule has 1 fully saturated rings. The van der Waals surface area contributed by atoms with Gasteiger partial charge in [0.2, 0.25) is 5.91 Å². The Morgan fingerprint density at radius 2 is 1.88 bits per heavy atom. The molecule has 0 bridgehead atoms. The molecule has 1 aliphatic rings. The van der Waals surface area contributed by atoms with Crippen molar-refractivity contribution in [3.8, 4) is 0 Å². The second-order valence-electron chi connectivity index (χ2n) is 6.33. The largest absolute Gasteiger partial charge is 0.368 e. The van der Waals surface area contributed by atoms with Crippen molar-refractivity contribution in [1.82, 2.24) is 25.1 Å². The highest BCUT2D eigenvalue weighted by Crippen LogP contribution is 2.17. The SMILES string of the molecule is CC(C)n1nnnc1CSCC(=O)N1CCN(c2ccccc2)CC1. The van der Waals surface area contributed by atoms with Crippen LogP contribution in [0.1, 0.15) is 25.7 Å². The van der Waals surface area contributed by atoms with E-state index in [2.05, 4.69) is 32.6 Å². The highest BCUT2D eigenvalue weighted by atomic mass is 32.2. The number of carbonyl (C=O) groups excluding carboxylic acids is 1. The number of thioether (sulfide) groups is 1. The molecule has 25 heavy (non-hydrogen) atoms. The predicted molar refractivity (Wildman–Crippen MR) is 99.6 cm³/mol. The van der Waals surface area contributed by atoms with Crippen LogP contribution in [0.5, 0.6) is 0 Å². The van der Waals surface area contributed by atoms with Crippen LogP contribution >= 0.6 is 11.8 Å². The molecule has 3 rings (SSSR count). The Labute approximate surface area is 152 Å². The number of piperazine rings is 1. The number of rotatable bonds is 6. The van der Waals surface area contributed by atoms with Crippen LogP contribution in [0.4, 0.5) is 5.69 Å². The fraction of sp³-hybridized carbons (Fsp3) is 0.529. The average Bonchev–Trinajstić information content (AvgIpc) is 3.11. The molecule has 0 N–H and O–H groups in total. The monoisotopic (exact) mass is 360 g/mol. The van der Waals surface area contributed by atoms with Gasteiger partial charge < -0.3 is 9.80 Å². The van der Waals surface area contributed by atoms with Crippen molar-refractivity contribution in [2.45, 2.75) is 25.6 Å². The van der Waals surface area contributed by atoms with Gasteiger partial charge in [-0.3, -0.25) is 4.79 Å². The fourth-order valence-corrected chi connectivity index (χ4v) is 3.71. The Kier molecular flexibility index (Phi) is 5.91. The first kappa shape index (κ1) is 17.7. The highest BCUT2D eigenvalue weighted by Gasteiger charge is 2.21. The summed E-state index contributed by atoms with van der Waals surface area (Å²) < 4.78 is 1.80. The maximum absolute atomic E-state index is 12.4. The van der Waals surface area contributed by atoms with Crippen LogP contribution in [0.15, 0.2) is 30.3 Å². The number of hydrogen-bond donors (Lipinski definition) is 0. The molecular weight excluding hydrogens is 336 g/mol. The van der Waals surface area contributed by atoms with Gasteiger partial charge in [-0.15, -0.1) is 16.9 Å². The molecule has 2 aromatic rings.